The quantitative estimate of drug-likeness (QED) is 0.811. The lowest BCUT2D eigenvalue weighted by molar-refractivity contribution is -0.119. The first-order valence-electron chi connectivity index (χ1n) is 7.08. The van der Waals surface area contributed by atoms with Gasteiger partial charge in [0.2, 0.25) is 5.91 Å². The van der Waals surface area contributed by atoms with Crippen LogP contribution in [0.4, 0.5) is 5.69 Å². The molecule has 1 amide bonds. The molecule has 19 heavy (non-hydrogen) atoms. The van der Waals surface area contributed by atoms with Gasteiger partial charge in [-0.3, -0.25) is 4.79 Å². The van der Waals surface area contributed by atoms with Gasteiger partial charge in [0, 0.05) is 18.8 Å². The summed E-state index contributed by atoms with van der Waals surface area (Å²) in [5.74, 6) is -0.267. The van der Waals surface area contributed by atoms with Crippen LogP contribution in [-0.4, -0.2) is 31.6 Å². The third kappa shape index (κ3) is 3.47. The summed E-state index contributed by atoms with van der Waals surface area (Å²) in [6.07, 6.45) is 3.26. The van der Waals surface area contributed by atoms with E-state index in [9.17, 15) is 4.79 Å². The van der Waals surface area contributed by atoms with E-state index in [-0.39, 0.29) is 11.9 Å². The highest BCUT2D eigenvalue weighted by molar-refractivity contribution is 5.80. The Labute approximate surface area is 115 Å². The van der Waals surface area contributed by atoms with E-state index in [1.165, 1.54) is 11.3 Å². The number of fused-ring (bicyclic) bond motifs is 1. The number of carbonyl (C=O) groups excluding carboxylic acids is 1. The van der Waals surface area contributed by atoms with Crippen molar-refractivity contribution < 1.29 is 4.79 Å². The number of amides is 1. The Hall–Kier alpha value is -1.55. The molecule has 0 bridgehead atoms. The summed E-state index contributed by atoms with van der Waals surface area (Å²) < 4.78 is 0. The number of para-hydroxylation sites is 1. The molecule has 0 spiro atoms. The van der Waals surface area contributed by atoms with Crippen LogP contribution in [0.25, 0.3) is 0 Å². The largest absolute Gasteiger partial charge is 0.369 e. The number of benzene rings is 1. The fourth-order valence-electron chi connectivity index (χ4n) is 2.60. The second-order valence-electron chi connectivity index (χ2n) is 5.09. The molecule has 0 saturated heterocycles. The standard InChI is InChI=1S/C15H23N3O/c1-2-9-17-13(15(16)19)11-18-10-5-7-12-6-3-4-8-14(12)18/h3-4,6,8,13,17H,2,5,7,9-11H2,1H3,(H2,16,19). The third-order valence-corrected chi connectivity index (χ3v) is 3.59. The number of aryl methyl sites for hydroxylation is 1. The maximum atomic E-state index is 11.5. The fraction of sp³-hybridized carbons (Fsp3) is 0.533. The lowest BCUT2D eigenvalue weighted by atomic mass is 10.0. The molecule has 3 N–H and O–H groups in total. The maximum absolute atomic E-state index is 11.5. The summed E-state index contributed by atoms with van der Waals surface area (Å²) >= 11 is 0. The average Bonchev–Trinajstić information content (AvgIpc) is 2.43. The molecule has 4 heteroatoms. The molecular weight excluding hydrogens is 238 g/mol. The van der Waals surface area contributed by atoms with Crippen LogP contribution in [0.2, 0.25) is 0 Å². The molecule has 1 aromatic rings. The van der Waals surface area contributed by atoms with Gasteiger partial charge in [0.05, 0.1) is 0 Å². The van der Waals surface area contributed by atoms with E-state index in [4.69, 9.17) is 5.73 Å². The summed E-state index contributed by atoms with van der Waals surface area (Å²) in [5, 5.41) is 3.23. The molecule has 4 nitrogen and oxygen atoms in total. The zero-order valence-electron chi connectivity index (χ0n) is 11.6. The van der Waals surface area contributed by atoms with Gasteiger partial charge >= 0.3 is 0 Å². The van der Waals surface area contributed by atoms with Gasteiger partial charge in [-0.1, -0.05) is 25.1 Å². The Morgan fingerprint density at radius 3 is 3.00 bits per heavy atom. The van der Waals surface area contributed by atoms with Crippen molar-refractivity contribution in [2.45, 2.75) is 32.2 Å². The Balaban J connectivity index is 2.08. The van der Waals surface area contributed by atoms with E-state index in [1.807, 2.05) is 0 Å². The minimum Gasteiger partial charge on any atom is -0.369 e. The van der Waals surface area contributed by atoms with Gasteiger partial charge in [0.1, 0.15) is 6.04 Å². The highest BCUT2D eigenvalue weighted by Gasteiger charge is 2.22. The van der Waals surface area contributed by atoms with Gasteiger partial charge < -0.3 is 16.0 Å². The molecule has 104 valence electrons. The zero-order valence-corrected chi connectivity index (χ0v) is 11.6. The van der Waals surface area contributed by atoms with Gasteiger partial charge in [-0.05, 0) is 37.4 Å². The highest BCUT2D eigenvalue weighted by Crippen LogP contribution is 2.26. The van der Waals surface area contributed by atoms with E-state index in [0.29, 0.717) is 6.54 Å². The molecule has 2 rings (SSSR count). The Morgan fingerprint density at radius 1 is 1.47 bits per heavy atom. The van der Waals surface area contributed by atoms with Crippen LogP contribution in [-0.2, 0) is 11.2 Å². The minimum absolute atomic E-state index is 0.267. The summed E-state index contributed by atoms with van der Waals surface area (Å²) in [5.41, 5.74) is 8.10. The predicted octanol–water partition coefficient (Wildman–Crippen LogP) is 1.29. The fourth-order valence-corrected chi connectivity index (χ4v) is 2.60. The molecule has 0 saturated carbocycles. The van der Waals surface area contributed by atoms with Gasteiger partial charge in [-0.25, -0.2) is 0 Å². The van der Waals surface area contributed by atoms with Crippen molar-refractivity contribution in [3.05, 3.63) is 29.8 Å². The highest BCUT2D eigenvalue weighted by atomic mass is 16.1. The van der Waals surface area contributed by atoms with Crippen molar-refractivity contribution in [3.8, 4) is 0 Å². The molecule has 1 atom stereocenters. The number of nitrogens with zero attached hydrogens (tertiary/aromatic N) is 1. The molecule has 1 aromatic carbocycles. The van der Waals surface area contributed by atoms with Gasteiger partial charge in [0.15, 0.2) is 0 Å². The van der Waals surface area contributed by atoms with E-state index < -0.39 is 0 Å². The number of rotatable bonds is 6. The Bertz CT molecular complexity index is 433. The summed E-state index contributed by atoms with van der Waals surface area (Å²) in [7, 11) is 0. The number of hydrogen-bond acceptors (Lipinski definition) is 3. The topological polar surface area (TPSA) is 58.4 Å². The van der Waals surface area contributed by atoms with Crippen LogP contribution in [0, 0.1) is 0 Å². The molecule has 0 aliphatic carbocycles. The summed E-state index contributed by atoms with van der Waals surface area (Å²) in [6.45, 7) is 4.56. The molecule has 1 aliphatic heterocycles. The number of primary amides is 1. The number of nitrogens with one attached hydrogen (secondary N) is 1. The first-order chi connectivity index (χ1) is 9.22. The van der Waals surface area contributed by atoms with Crippen LogP contribution in [0.3, 0.4) is 0 Å². The third-order valence-electron chi connectivity index (χ3n) is 3.59. The van der Waals surface area contributed by atoms with Crippen molar-refractivity contribution in [2.24, 2.45) is 5.73 Å². The summed E-state index contributed by atoms with van der Waals surface area (Å²) in [6, 6.07) is 8.15. The first kappa shape index (κ1) is 13.9. The molecule has 1 aliphatic rings. The SMILES string of the molecule is CCCNC(CN1CCCc2ccccc21)C(N)=O. The van der Waals surface area contributed by atoms with Crippen molar-refractivity contribution in [1.82, 2.24) is 5.32 Å². The number of anilines is 1. The van der Waals surface area contributed by atoms with Crippen LogP contribution >= 0.6 is 0 Å². The van der Waals surface area contributed by atoms with Crippen molar-refractivity contribution in [3.63, 3.8) is 0 Å². The Morgan fingerprint density at radius 2 is 2.26 bits per heavy atom. The van der Waals surface area contributed by atoms with Crippen LogP contribution in [0.1, 0.15) is 25.3 Å². The Kier molecular flexibility index (Phi) is 4.80. The van der Waals surface area contributed by atoms with Gasteiger partial charge in [-0.2, -0.15) is 0 Å². The molecule has 0 radical (unpaired) electrons. The van der Waals surface area contributed by atoms with Gasteiger partial charge in [0.25, 0.3) is 0 Å². The van der Waals surface area contributed by atoms with Crippen LogP contribution < -0.4 is 16.0 Å². The van der Waals surface area contributed by atoms with Gasteiger partial charge in [-0.15, -0.1) is 0 Å². The molecule has 0 fully saturated rings. The predicted molar refractivity (Wildman–Crippen MR) is 78.3 cm³/mol. The molecule has 0 aromatic heterocycles. The van der Waals surface area contributed by atoms with Crippen molar-refractivity contribution in [1.29, 1.82) is 0 Å². The van der Waals surface area contributed by atoms with Crippen LogP contribution in [0.5, 0.6) is 0 Å². The zero-order chi connectivity index (χ0) is 13.7. The minimum atomic E-state index is -0.272. The van der Waals surface area contributed by atoms with Crippen molar-refractivity contribution >= 4 is 11.6 Å². The van der Waals surface area contributed by atoms with E-state index in [0.717, 1.165) is 32.4 Å². The lowest BCUT2D eigenvalue weighted by Crippen LogP contribution is -2.50. The number of hydrogen-bond donors (Lipinski definition) is 2. The van der Waals surface area contributed by atoms with E-state index in [1.54, 1.807) is 0 Å². The normalized spacial score (nSPS) is 15.9. The van der Waals surface area contributed by atoms with E-state index >= 15 is 0 Å². The molecule has 1 unspecified atom stereocenters. The first-order valence-corrected chi connectivity index (χ1v) is 7.08. The van der Waals surface area contributed by atoms with Crippen molar-refractivity contribution in [2.75, 3.05) is 24.5 Å². The van der Waals surface area contributed by atoms with Crippen LogP contribution in [0.15, 0.2) is 24.3 Å². The monoisotopic (exact) mass is 261 g/mol. The summed E-state index contributed by atoms with van der Waals surface area (Å²) in [4.78, 5) is 13.8. The average molecular weight is 261 g/mol. The molecule has 1 heterocycles. The number of nitrogens with two attached hydrogens (primary N) is 1. The van der Waals surface area contributed by atoms with E-state index in [2.05, 4.69) is 41.4 Å². The second kappa shape index (κ2) is 6.57. The lowest BCUT2D eigenvalue weighted by Gasteiger charge is -2.33. The second-order valence-corrected chi connectivity index (χ2v) is 5.09. The smallest absolute Gasteiger partial charge is 0.236 e. The number of carbonyl (C=O) groups is 1. The molecular formula is C15H23N3O. The maximum Gasteiger partial charge on any atom is 0.236 e.